The molecule has 2 saturated carbocycles. The average Bonchev–Trinajstić information content (AvgIpc) is 3.10. The Hall–Kier alpha value is -0.0800. The lowest BCUT2D eigenvalue weighted by atomic mass is 9.83. The summed E-state index contributed by atoms with van der Waals surface area (Å²) in [5.74, 6) is 1.92. The highest BCUT2D eigenvalue weighted by atomic mass is 16.5. The Morgan fingerprint density at radius 1 is 1.18 bits per heavy atom. The van der Waals surface area contributed by atoms with Crippen LogP contribution in [-0.4, -0.2) is 26.8 Å². The van der Waals surface area contributed by atoms with Gasteiger partial charge in [0.25, 0.3) is 0 Å². The molecule has 0 bridgehead atoms. The van der Waals surface area contributed by atoms with Crippen LogP contribution in [0.3, 0.4) is 0 Å². The molecule has 2 rings (SSSR count). The molecule has 0 saturated heterocycles. The van der Waals surface area contributed by atoms with Crippen LogP contribution in [0.1, 0.15) is 51.9 Å². The zero-order chi connectivity index (χ0) is 12.1. The molecule has 0 aromatic carbocycles. The van der Waals surface area contributed by atoms with Crippen LogP contribution in [-0.2, 0) is 4.74 Å². The van der Waals surface area contributed by atoms with Gasteiger partial charge in [-0.15, -0.1) is 0 Å². The van der Waals surface area contributed by atoms with Crippen molar-refractivity contribution in [1.29, 1.82) is 0 Å². The highest BCUT2D eigenvalue weighted by Crippen LogP contribution is 2.48. The summed E-state index contributed by atoms with van der Waals surface area (Å²) in [5, 5.41) is 3.73. The maximum Gasteiger partial charge on any atom is 0.0468 e. The molecular weight excluding hydrogens is 210 g/mol. The van der Waals surface area contributed by atoms with E-state index in [0.717, 1.165) is 18.4 Å². The SMILES string of the molecule is COCCC1(CNCC2CCC(C)CC2)CC1. The summed E-state index contributed by atoms with van der Waals surface area (Å²) in [5.41, 5.74) is 0.609. The summed E-state index contributed by atoms with van der Waals surface area (Å²) >= 11 is 0. The third-order valence-corrected chi connectivity index (χ3v) is 4.86. The first-order valence-electron chi connectivity index (χ1n) is 7.44. The molecule has 2 aliphatic rings. The molecule has 1 N–H and O–H groups in total. The van der Waals surface area contributed by atoms with Crippen molar-refractivity contribution in [2.24, 2.45) is 17.3 Å². The predicted octanol–water partition coefficient (Wildman–Crippen LogP) is 3.22. The summed E-state index contributed by atoms with van der Waals surface area (Å²) in [4.78, 5) is 0. The van der Waals surface area contributed by atoms with Crippen LogP contribution in [0, 0.1) is 17.3 Å². The lowest BCUT2D eigenvalue weighted by molar-refractivity contribution is 0.170. The van der Waals surface area contributed by atoms with Crippen LogP contribution in [0.15, 0.2) is 0 Å². The Morgan fingerprint density at radius 3 is 2.47 bits per heavy atom. The molecule has 2 nitrogen and oxygen atoms in total. The number of nitrogens with one attached hydrogen (secondary N) is 1. The molecule has 0 spiro atoms. The van der Waals surface area contributed by atoms with Crippen LogP contribution >= 0.6 is 0 Å². The second-order valence-electron chi connectivity index (χ2n) is 6.50. The van der Waals surface area contributed by atoms with Crippen molar-refractivity contribution in [3.63, 3.8) is 0 Å². The van der Waals surface area contributed by atoms with Crippen LogP contribution in [0.25, 0.3) is 0 Å². The molecule has 100 valence electrons. The van der Waals surface area contributed by atoms with Gasteiger partial charge >= 0.3 is 0 Å². The van der Waals surface area contributed by atoms with E-state index in [9.17, 15) is 0 Å². The minimum absolute atomic E-state index is 0.609. The second-order valence-corrected chi connectivity index (χ2v) is 6.50. The summed E-state index contributed by atoms with van der Waals surface area (Å²) in [7, 11) is 1.81. The maximum atomic E-state index is 5.20. The van der Waals surface area contributed by atoms with Gasteiger partial charge in [-0.1, -0.05) is 19.8 Å². The number of rotatable bonds is 7. The van der Waals surface area contributed by atoms with Crippen molar-refractivity contribution in [2.75, 3.05) is 26.8 Å². The lowest BCUT2D eigenvalue weighted by Gasteiger charge is -2.27. The highest BCUT2D eigenvalue weighted by molar-refractivity contribution is 4.94. The molecule has 0 aliphatic heterocycles. The summed E-state index contributed by atoms with van der Waals surface area (Å²) < 4.78 is 5.20. The standard InChI is InChI=1S/C15H29NO/c1-13-3-5-14(6-4-13)11-16-12-15(7-8-15)9-10-17-2/h13-14,16H,3-12H2,1-2H3. The fourth-order valence-corrected chi connectivity index (χ4v) is 3.09. The molecule has 2 fully saturated rings. The van der Waals surface area contributed by atoms with Crippen molar-refractivity contribution in [1.82, 2.24) is 5.32 Å². The quantitative estimate of drug-likeness (QED) is 0.736. The van der Waals surface area contributed by atoms with Gasteiger partial charge in [0.15, 0.2) is 0 Å². The summed E-state index contributed by atoms with van der Waals surface area (Å²) in [6, 6.07) is 0. The first kappa shape index (κ1) is 13.4. The third-order valence-electron chi connectivity index (χ3n) is 4.86. The van der Waals surface area contributed by atoms with Crippen molar-refractivity contribution in [3.05, 3.63) is 0 Å². The molecule has 0 unspecified atom stereocenters. The lowest BCUT2D eigenvalue weighted by Crippen LogP contribution is -2.31. The largest absolute Gasteiger partial charge is 0.385 e. The fraction of sp³-hybridized carbons (Fsp3) is 1.00. The molecule has 17 heavy (non-hydrogen) atoms. The van der Waals surface area contributed by atoms with E-state index in [1.807, 2.05) is 7.11 Å². The molecule has 0 heterocycles. The first-order valence-corrected chi connectivity index (χ1v) is 7.44. The normalized spacial score (nSPS) is 31.4. The van der Waals surface area contributed by atoms with Crippen molar-refractivity contribution in [2.45, 2.75) is 51.9 Å². The number of ether oxygens (including phenoxy) is 1. The molecule has 2 heteroatoms. The predicted molar refractivity (Wildman–Crippen MR) is 72.2 cm³/mol. The van der Waals surface area contributed by atoms with Crippen LogP contribution in [0.4, 0.5) is 0 Å². The minimum Gasteiger partial charge on any atom is -0.385 e. The van der Waals surface area contributed by atoms with Crippen molar-refractivity contribution < 1.29 is 4.74 Å². The Kier molecular flexibility index (Phi) is 4.87. The number of hydrogen-bond donors (Lipinski definition) is 1. The molecule has 0 radical (unpaired) electrons. The van der Waals surface area contributed by atoms with E-state index in [0.29, 0.717) is 5.41 Å². The molecule has 2 aliphatic carbocycles. The van der Waals surface area contributed by atoms with Gasteiger partial charge in [-0.3, -0.25) is 0 Å². The fourth-order valence-electron chi connectivity index (χ4n) is 3.09. The third kappa shape index (κ3) is 4.26. The van der Waals surface area contributed by atoms with E-state index >= 15 is 0 Å². The van der Waals surface area contributed by atoms with E-state index in [1.54, 1.807) is 0 Å². The summed E-state index contributed by atoms with van der Waals surface area (Å²) in [6.07, 6.45) is 9.84. The maximum absolute atomic E-state index is 5.20. The van der Waals surface area contributed by atoms with Gasteiger partial charge in [-0.05, 0) is 55.9 Å². The zero-order valence-electron chi connectivity index (χ0n) is 11.6. The zero-order valence-corrected chi connectivity index (χ0v) is 11.6. The first-order chi connectivity index (χ1) is 8.24. The van der Waals surface area contributed by atoms with Gasteiger partial charge in [0.2, 0.25) is 0 Å². The van der Waals surface area contributed by atoms with Crippen molar-refractivity contribution >= 4 is 0 Å². The van der Waals surface area contributed by atoms with E-state index in [4.69, 9.17) is 4.74 Å². The van der Waals surface area contributed by atoms with Gasteiger partial charge in [0.05, 0.1) is 0 Å². The van der Waals surface area contributed by atoms with E-state index < -0.39 is 0 Å². The Bertz CT molecular complexity index is 217. The monoisotopic (exact) mass is 239 g/mol. The van der Waals surface area contributed by atoms with E-state index in [-0.39, 0.29) is 0 Å². The smallest absolute Gasteiger partial charge is 0.0468 e. The van der Waals surface area contributed by atoms with Crippen LogP contribution < -0.4 is 5.32 Å². The topological polar surface area (TPSA) is 21.3 Å². The highest BCUT2D eigenvalue weighted by Gasteiger charge is 2.41. The second kappa shape index (κ2) is 6.19. The van der Waals surface area contributed by atoms with Gasteiger partial charge < -0.3 is 10.1 Å². The molecule has 0 aromatic heterocycles. The van der Waals surface area contributed by atoms with Gasteiger partial charge in [0.1, 0.15) is 0 Å². The van der Waals surface area contributed by atoms with Gasteiger partial charge in [-0.2, -0.15) is 0 Å². The Morgan fingerprint density at radius 2 is 1.88 bits per heavy atom. The Balaban J connectivity index is 1.56. The number of methoxy groups -OCH3 is 1. The van der Waals surface area contributed by atoms with Crippen molar-refractivity contribution in [3.8, 4) is 0 Å². The molecular formula is C15H29NO. The van der Waals surface area contributed by atoms with E-state index in [1.165, 1.54) is 58.0 Å². The average molecular weight is 239 g/mol. The molecule has 0 atom stereocenters. The molecule has 0 aromatic rings. The van der Waals surface area contributed by atoms with Crippen LogP contribution in [0.2, 0.25) is 0 Å². The van der Waals surface area contributed by atoms with E-state index in [2.05, 4.69) is 12.2 Å². The minimum atomic E-state index is 0.609. The Labute approximate surface area is 107 Å². The van der Waals surface area contributed by atoms with Crippen LogP contribution in [0.5, 0.6) is 0 Å². The van der Waals surface area contributed by atoms with Gasteiger partial charge in [0, 0.05) is 20.3 Å². The molecule has 0 amide bonds. The summed E-state index contributed by atoms with van der Waals surface area (Å²) in [6.45, 7) is 5.81. The number of hydrogen-bond acceptors (Lipinski definition) is 2. The van der Waals surface area contributed by atoms with Gasteiger partial charge in [-0.25, -0.2) is 0 Å².